The number of aliphatic hydroxyl groups is 1. The molecule has 1 rings (SSSR count). The van der Waals surface area contributed by atoms with Crippen LogP contribution in [0.15, 0.2) is 12.1 Å². The van der Waals surface area contributed by atoms with E-state index in [1.54, 1.807) is 12.1 Å². The first kappa shape index (κ1) is 14.3. The third-order valence-electron chi connectivity index (χ3n) is 2.33. The number of aryl methyl sites for hydroxylation is 1. The maximum absolute atomic E-state index is 11.5. The summed E-state index contributed by atoms with van der Waals surface area (Å²) >= 11 is 11.9. The van der Waals surface area contributed by atoms with Crippen molar-refractivity contribution < 1.29 is 9.90 Å². The van der Waals surface area contributed by atoms with Crippen LogP contribution in [0.25, 0.3) is 0 Å². The Morgan fingerprint density at radius 2 is 2.00 bits per heavy atom. The third-order valence-corrected chi connectivity index (χ3v) is 3.05. The molecular formula is C12H15Cl2NO2. The minimum Gasteiger partial charge on any atom is -0.396 e. The lowest BCUT2D eigenvalue weighted by atomic mass is 10.2. The quantitative estimate of drug-likeness (QED) is 0.810. The number of hydrogen-bond acceptors (Lipinski definition) is 2. The van der Waals surface area contributed by atoms with E-state index in [0.717, 1.165) is 5.56 Å². The van der Waals surface area contributed by atoms with Crippen molar-refractivity contribution >= 4 is 34.8 Å². The fourth-order valence-electron chi connectivity index (χ4n) is 1.35. The van der Waals surface area contributed by atoms with Crippen LogP contribution in [0.2, 0.25) is 10.0 Å². The molecule has 0 fully saturated rings. The summed E-state index contributed by atoms with van der Waals surface area (Å²) in [6, 6.07) is 3.36. The van der Waals surface area contributed by atoms with Crippen LogP contribution in [0.1, 0.15) is 24.8 Å². The lowest BCUT2D eigenvalue weighted by molar-refractivity contribution is -0.116. The molecule has 1 aromatic carbocycles. The number of amides is 1. The summed E-state index contributed by atoms with van der Waals surface area (Å²) in [6.45, 7) is 1.95. The standard InChI is InChI=1S/C12H15Cl2NO2/c1-8-6-10(14)11(7-9(8)13)15-12(17)4-2-3-5-16/h6-7,16H,2-5H2,1H3,(H,15,17). The summed E-state index contributed by atoms with van der Waals surface area (Å²) in [5.41, 5.74) is 1.39. The molecule has 17 heavy (non-hydrogen) atoms. The van der Waals surface area contributed by atoms with Gasteiger partial charge in [0.05, 0.1) is 10.7 Å². The topological polar surface area (TPSA) is 49.3 Å². The fourth-order valence-corrected chi connectivity index (χ4v) is 1.78. The molecule has 0 aliphatic rings. The third kappa shape index (κ3) is 4.54. The van der Waals surface area contributed by atoms with Crippen molar-refractivity contribution in [2.45, 2.75) is 26.2 Å². The Kier molecular flexibility index (Phi) is 5.75. The van der Waals surface area contributed by atoms with Gasteiger partial charge in [-0.15, -0.1) is 0 Å². The lowest BCUT2D eigenvalue weighted by Crippen LogP contribution is -2.11. The van der Waals surface area contributed by atoms with E-state index in [9.17, 15) is 4.79 Å². The zero-order valence-electron chi connectivity index (χ0n) is 9.59. The minimum absolute atomic E-state index is 0.102. The molecule has 0 spiro atoms. The molecule has 5 heteroatoms. The molecule has 0 aliphatic carbocycles. The van der Waals surface area contributed by atoms with Gasteiger partial charge < -0.3 is 10.4 Å². The Morgan fingerprint density at radius 1 is 1.29 bits per heavy atom. The van der Waals surface area contributed by atoms with Crippen molar-refractivity contribution in [1.29, 1.82) is 0 Å². The molecule has 0 aromatic heterocycles. The summed E-state index contributed by atoms with van der Waals surface area (Å²) in [5.74, 6) is -0.125. The molecule has 0 saturated carbocycles. The second-order valence-corrected chi connectivity index (χ2v) is 4.62. The number of hydrogen-bond donors (Lipinski definition) is 2. The van der Waals surface area contributed by atoms with Crippen LogP contribution in [0, 0.1) is 6.92 Å². The summed E-state index contributed by atoms with van der Waals surface area (Å²) in [5, 5.41) is 12.4. The summed E-state index contributed by atoms with van der Waals surface area (Å²) in [4.78, 5) is 11.5. The van der Waals surface area contributed by atoms with Gasteiger partial charge in [0.25, 0.3) is 0 Å². The van der Waals surface area contributed by atoms with Gasteiger partial charge in [0.1, 0.15) is 0 Å². The van der Waals surface area contributed by atoms with Crippen molar-refractivity contribution in [1.82, 2.24) is 0 Å². The Labute approximate surface area is 111 Å². The van der Waals surface area contributed by atoms with Gasteiger partial charge in [-0.25, -0.2) is 0 Å². The van der Waals surface area contributed by atoms with Gasteiger partial charge >= 0.3 is 0 Å². The number of benzene rings is 1. The fraction of sp³-hybridized carbons (Fsp3) is 0.417. The Hall–Kier alpha value is -0.770. The van der Waals surface area contributed by atoms with E-state index >= 15 is 0 Å². The molecule has 0 atom stereocenters. The maximum Gasteiger partial charge on any atom is 0.224 e. The molecule has 2 N–H and O–H groups in total. The highest BCUT2D eigenvalue weighted by Gasteiger charge is 2.08. The first-order chi connectivity index (χ1) is 8.04. The van der Waals surface area contributed by atoms with Gasteiger partial charge in [-0.1, -0.05) is 23.2 Å². The van der Waals surface area contributed by atoms with Crippen molar-refractivity contribution in [2.24, 2.45) is 0 Å². The first-order valence-electron chi connectivity index (χ1n) is 5.41. The minimum atomic E-state index is -0.125. The van der Waals surface area contributed by atoms with Crippen molar-refractivity contribution in [3.8, 4) is 0 Å². The molecule has 0 aliphatic heterocycles. The highest BCUT2D eigenvalue weighted by atomic mass is 35.5. The van der Waals surface area contributed by atoms with Crippen LogP contribution < -0.4 is 5.32 Å². The van der Waals surface area contributed by atoms with Crippen molar-refractivity contribution in [3.05, 3.63) is 27.7 Å². The van der Waals surface area contributed by atoms with Gasteiger partial charge in [-0.2, -0.15) is 0 Å². The SMILES string of the molecule is Cc1cc(Cl)c(NC(=O)CCCCO)cc1Cl. The van der Waals surface area contributed by atoms with Crippen LogP contribution in [0.4, 0.5) is 5.69 Å². The van der Waals surface area contributed by atoms with Gasteiger partial charge in [-0.05, 0) is 37.5 Å². The van der Waals surface area contributed by atoms with Gasteiger partial charge in [-0.3, -0.25) is 4.79 Å². The van der Waals surface area contributed by atoms with E-state index in [4.69, 9.17) is 28.3 Å². The van der Waals surface area contributed by atoms with Gasteiger partial charge in [0, 0.05) is 18.1 Å². The number of nitrogens with one attached hydrogen (secondary N) is 1. The Bertz CT molecular complexity index is 408. The summed E-state index contributed by atoms with van der Waals surface area (Å²) in [7, 11) is 0. The largest absolute Gasteiger partial charge is 0.396 e. The zero-order valence-corrected chi connectivity index (χ0v) is 11.1. The van der Waals surface area contributed by atoms with Crippen LogP contribution in [0.5, 0.6) is 0 Å². The molecule has 0 unspecified atom stereocenters. The second-order valence-electron chi connectivity index (χ2n) is 3.81. The van der Waals surface area contributed by atoms with Crippen LogP contribution in [-0.4, -0.2) is 17.6 Å². The van der Waals surface area contributed by atoms with E-state index in [1.807, 2.05) is 6.92 Å². The number of carbonyl (C=O) groups excluding carboxylic acids is 1. The van der Waals surface area contributed by atoms with E-state index in [2.05, 4.69) is 5.32 Å². The van der Waals surface area contributed by atoms with E-state index in [0.29, 0.717) is 35.0 Å². The van der Waals surface area contributed by atoms with Crippen LogP contribution >= 0.6 is 23.2 Å². The average Bonchev–Trinajstić information content (AvgIpc) is 2.26. The van der Waals surface area contributed by atoms with Crippen molar-refractivity contribution in [2.75, 3.05) is 11.9 Å². The number of aliphatic hydroxyl groups excluding tert-OH is 1. The Morgan fingerprint density at radius 3 is 2.65 bits per heavy atom. The molecule has 94 valence electrons. The first-order valence-corrected chi connectivity index (χ1v) is 6.16. The zero-order chi connectivity index (χ0) is 12.8. The molecule has 1 aromatic rings. The van der Waals surface area contributed by atoms with E-state index in [-0.39, 0.29) is 12.5 Å². The maximum atomic E-state index is 11.5. The summed E-state index contributed by atoms with van der Waals surface area (Å²) in [6.07, 6.45) is 1.64. The lowest BCUT2D eigenvalue weighted by Gasteiger charge is -2.09. The van der Waals surface area contributed by atoms with Crippen molar-refractivity contribution in [3.63, 3.8) is 0 Å². The molecule has 3 nitrogen and oxygen atoms in total. The van der Waals surface area contributed by atoms with E-state index in [1.165, 1.54) is 0 Å². The molecule has 0 saturated heterocycles. The van der Waals surface area contributed by atoms with Crippen LogP contribution in [0.3, 0.4) is 0 Å². The highest BCUT2D eigenvalue weighted by Crippen LogP contribution is 2.28. The second kappa shape index (κ2) is 6.84. The molecule has 0 radical (unpaired) electrons. The normalized spacial score (nSPS) is 10.4. The average molecular weight is 276 g/mol. The molecule has 0 bridgehead atoms. The molecular weight excluding hydrogens is 261 g/mol. The number of rotatable bonds is 5. The number of anilines is 1. The predicted molar refractivity (Wildman–Crippen MR) is 70.8 cm³/mol. The predicted octanol–water partition coefficient (Wildman–Crippen LogP) is 3.40. The number of halogens is 2. The number of carbonyl (C=O) groups is 1. The molecule has 1 amide bonds. The highest BCUT2D eigenvalue weighted by molar-refractivity contribution is 6.36. The van der Waals surface area contributed by atoms with Gasteiger partial charge in [0.15, 0.2) is 0 Å². The van der Waals surface area contributed by atoms with Crippen LogP contribution in [-0.2, 0) is 4.79 Å². The number of unbranched alkanes of at least 4 members (excludes halogenated alkanes) is 1. The molecule has 0 heterocycles. The summed E-state index contributed by atoms with van der Waals surface area (Å²) < 4.78 is 0. The smallest absolute Gasteiger partial charge is 0.224 e. The Balaban J connectivity index is 2.62. The van der Waals surface area contributed by atoms with E-state index < -0.39 is 0 Å². The van der Waals surface area contributed by atoms with Gasteiger partial charge in [0.2, 0.25) is 5.91 Å². The monoisotopic (exact) mass is 275 g/mol.